The summed E-state index contributed by atoms with van der Waals surface area (Å²) in [6, 6.07) is 12.5. The molecule has 3 rings (SSSR count). The highest BCUT2D eigenvalue weighted by atomic mass is 16.5. The minimum absolute atomic E-state index is 0.270. The molecule has 1 aromatic heterocycles. The lowest BCUT2D eigenvalue weighted by atomic mass is 9.97. The number of carboxylic acid groups (broad SMARTS) is 1. The number of hydrogen-bond donors (Lipinski definition) is 2. The van der Waals surface area contributed by atoms with Gasteiger partial charge < -0.3 is 14.7 Å². The molecule has 1 fully saturated rings. The molecule has 0 bridgehead atoms. The summed E-state index contributed by atoms with van der Waals surface area (Å²) in [7, 11) is 0. The molecular weight excluding hydrogens is 322 g/mol. The Labute approximate surface area is 145 Å². The molecule has 1 aliphatic rings. The number of piperidine rings is 1. The first-order valence-corrected chi connectivity index (χ1v) is 8.09. The fourth-order valence-electron chi connectivity index (χ4n) is 2.66. The Hall–Kier alpha value is -3.09. The molecule has 0 saturated carbocycles. The number of hydrogen-bond acceptors (Lipinski definition) is 4. The number of aromatic nitrogens is 1. The van der Waals surface area contributed by atoms with Gasteiger partial charge in [0.25, 0.3) is 0 Å². The fraction of sp³-hybridized carbons (Fsp3) is 0.278. The van der Waals surface area contributed by atoms with Crippen molar-refractivity contribution >= 4 is 17.8 Å². The Bertz CT molecular complexity index is 726. The number of para-hydroxylation sites is 1. The number of carboxylic acids is 1. The van der Waals surface area contributed by atoms with Gasteiger partial charge in [-0.15, -0.1) is 0 Å². The van der Waals surface area contributed by atoms with Crippen molar-refractivity contribution < 1.29 is 19.4 Å². The molecule has 2 N–H and O–H groups in total. The van der Waals surface area contributed by atoms with Crippen LogP contribution in [0.25, 0.3) is 0 Å². The monoisotopic (exact) mass is 341 g/mol. The third-order valence-corrected chi connectivity index (χ3v) is 4.08. The van der Waals surface area contributed by atoms with Gasteiger partial charge in [-0.25, -0.2) is 9.78 Å². The molecule has 0 spiro atoms. The van der Waals surface area contributed by atoms with Gasteiger partial charge in [0.2, 0.25) is 0 Å². The van der Waals surface area contributed by atoms with Crippen molar-refractivity contribution in [3.8, 4) is 11.5 Å². The fourth-order valence-corrected chi connectivity index (χ4v) is 2.66. The predicted octanol–water partition coefficient (Wildman–Crippen LogP) is 3.20. The number of carbonyl (C=O) groups is 2. The maximum atomic E-state index is 12.2. The number of nitrogens with zero attached hydrogens (tertiary/aromatic N) is 2. The van der Waals surface area contributed by atoms with Crippen molar-refractivity contribution in [2.24, 2.45) is 5.92 Å². The number of likely N-dealkylation sites (tertiary alicyclic amines) is 1. The summed E-state index contributed by atoms with van der Waals surface area (Å²) in [4.78, 5) is 28.9. The molecule has 0 atom stereocenters. The predicted molar refractivity (Wildman–Crippen MR) is 91.7 cm³/mol. The van der Waals surface area contributed by atoms with Gasteiger partial charge in [-0.2, -0.15) is 0 Å². The van der Waals surface area contributed by atoms with Crippen LogP contribution in [-0.2, 0) is 4.79 Å². The Morgan fingerprint density at radius 1 is 1.08 bits per heavy atom. The molecule has 1 aromatic carbocycles. The van der Waals surface area contributed by atoms with E-state index in [4.69, 9.17) is 9.84 Å². The molecule has 0 radical (unpaired) electrons. The maximum Gasteiger partial charge on any atom is 0.323 e. The van der Waals surface area contributed by atoms with E-state index in [-0.39, 0.29) is 11.9 Å². The number of amides is 2. The number of benzene rings is 1. The smallest absolute Gasteiger partial charge is 0.323 e. The van der Waals surface area contributed by atoms with Crippen LogP contribution < -0.4 is 10.1 Å². The van der Waals surface area contributed by atoms with E-state index < -0.39 is 5.97 Å². The van der Waals surface area contributed by atoms with Crippen LogP contribution in [0.4, 0.5) is 10.6 Å². The Morgan fingerprint density at radius 2 is 1.80 bits per heavy atom. The number of rotatable bonds is 4. The molecule has 2 amide bonds. The summed E-state index contributed by atoms with van der Waals surface area (Å²) in [5.41, 5.74) is 0. The molecule has 0 unspecified atom stereocenters. The van der Waals surface area contributed by atoms with Crippen LogP contribution >= 0.6 is 0 Å². The van der Waals surface area contributed by atoms with Crippen LogP contribution in [0.1, 0.15) is 12.8 Å². The average Bonchev–Trinajstić information content (AvgIpc) is 2.64. The normalized spacial score (nSPS) is 14.8. The highest BCUT2D eigenvalue weighted by molar-refractivity contribution is 5.88. The second kappa shape index (κ2) is 7.65. The number of ether oxygens (including phenoxy) is 1. The van der Waals surface area contributed by atoms with E-state index in [1.165, 1.54) is 0 Å². The lowest BCUT2D eigenvalue weighted by molar-refractivity contribution is -0.143. The van der Waals surface area contributed by atoms with Gasteiger partial charge in [0.1, 0.15) is 17.3 Å². The Balaban J connectivity index is 1.53. The van der Waals surface area contributed by atoms with E-state index in [1.54, 1.807) is 23.2 Å². The molecule has 0 aliphatic carbocycles. The van der Waals surface area contributed by atoms with E-state index in [0.717, 1.165) is 0 Å². The Morgan fingerprint density at radius 3 is 2.40 bits per heavy atom. The molecule has 130 valence electrons. The molecule has 1 aliphatic heterocycles. The topological polar surface area (TPSA) is 91.8 Å². The number of anilines is 1. The molecular formula is C18H19N3O4. The summed E-state index contributed by atoms with van der Waals surface area (Å²) >= 11 is 0. The summed E-state index contributed by atoms with van der Waals surface area (Å²) in [5.74, 6) is 0.548. The summed E-state index contributed by atoms with van der Waals surface area (Å²) in [5, 5.41) is 11.7. The zero-order valence-electron chi connectivity index (χ0n) is 13.6. The highest BCUT2D eigenvalue weighted by Crippen LogP contribution is 2.22. The van der Waals surface area contributed by atoms with Crippen LogP contribution in [0.15, 0.2) is 48.7 Å². The second-order valence-electron chi connectivity index (χ2n) is 5.82. The van der Waals surface area contributed by atoms with Gasteiger partial charge in [0.05, 0.1) is 12.1 Å². The summed E-state index contributed by atoms with van der Waals surface area (Å²) < 4.78 is 5.65. The summed E-state index contributed by atoms with van der Waals surface area (Å²) in [6.07, 6.45) is 2.49. The largest absolute Gasteiger partial charge is 0.481 e. The lowest BCUT2D eigenvalue weighted by Crippen LogP contribution is -2.42. The molecule has 7 nitrogen and oxygen atoms in total. The van der Waals surface area contributed by atoms with Crippen LogP contribution in [0, 0.1) is 5.92 Å². The second-order valence-corrected chi connectivity index (χ2v) is 5.82. The van der Waals surface area contributed by atoms with Gasteiger partial charge in [0.15, 0.2) is 0 Å². The van der Waals surface area contributed by atoms with Crippen molar-refractivity contribution in [1.29, 1.82) is 0 Å². The quantitative estimate of drug-likeness (QED) is 0.891. The SMILES string of the molecule is O=C(O)C1CCN(C(=O)Nc2ccc(Oc3ccccc3)cn2)CC1. The average molecular weight is 341 g/mol. The van der Waals surface area contributed by atoms with Crippen LogP contribution in [-0.4, -0.2) is 40.1 Å². The van der Waals surface area contributed by atoms with Gasteiger partial charge in [0, 0.05) is 13.1 Å². The van der Waals surface area contributed by atoms with Gasteiger partial charge in [-0.1, -0.05) is 18.2 Å². The number of pyridine rings is 1. The van der Waals surface area contributed by atoms with Crippen molar-refractivity contribution in [2.45, 2.75) is 12.8 Å². The van der Waals surface area contributed by atoms with Crippen molar-refractivity contribution in [2.75, 3.05) is 18.4 Å². The molecule has 2 aromatic rings. The minimum atomic E-state index is -0.796. The highest BCUT2D eigenvalue weighted by Gasteiger charge is 2.27. The third-order valence-electron chi connectivity index (χ3n) is 4.08. The molecule has 1 saturated heterocycles. The first-order chi connectivity index (χ1) is 12.1. The van der Waals surface area contributed by atoms with E-state index in [2.05, 4.69) is 10.3 Å². The number of urea groups is 1. The van der Waals surface area contributed by atoms with Crippen molar-refractivity contribution in [1.82, 2.24) is 9.88 Å². The van der Waals surface area contributed by atoms with Crippen LogP contribution in [0.5, 0.6) is 11.5 Å². The maximum absolute atomic E-state index is 12.2. The van der Waals surface area contributed by atoms with Gasteiger partial charge in [-0.05, 0) is 37.1 Å². The summed E-state index contributed by atoms with van der Waals surface area (Å²) in [6.45, 7) is 0.857. The lowest BCUT2D eigenvalue weighted by Gasteiger charge is -2.29. The zero-order valence-corrected chi connectivity index (χ0v) is 13.6. The Kier molecular flexibility index (Phi) is 5.13. The van der Waals surface area contributed by atoms with Crippen LogP contribution in [0.3, 0.4) is 0 Å². The third kappa shape index (κ3) is 4.47. The molecule has 2 heterocycles. The van der Waals surface area contributed by atoms with Crippen LogP contribution in [0.2, 0.25) is 0 Å². The van der Waals surface area contributed by atoms with Crippen molar-refractivity contribution in [3.63, 3.8) is 0 Å². The standard InChI is InChI=1S/C18H19N3O4/c22-17(23)13-8-10-21(11-9-13)18(24)20-16-7-6-15(12-19-16)25-14-4-2-1-3-5-14/h1-7,12-13H,8-11H2,(H,22,23)(H,19,20,24). The first kappa shape index (κ1) is 16.8. The number of aliphatic carboxylic acids is 1. The van der Waals surface area contributed by atoms with Gasteiger partial charge in [-0.3, -0.25) is 10.1 Å². The number of nitrogens with one attached hydrogen (secondary N) is 1. The first-order valence-electron chi connectivity index (χ1n) is 8.09. The van der Waals surface area contributed by atoms with E-state index in [9.17, 15) is 9.59 Å². The van der Waals surface area contributed by atoms with Gasteiger partial charge >= 0.3 is 12.0 Å². The van der Waals surface area contributed by atoms with Crippen molar-refractivity contribution in [3.05, 3.63) is 48.7 Å². The van der Waals surface area contributed by atoms with E-state index >= 15 is 0 Å². The van der Waals surface area contributed by atoms with E-state index in [0.29, 0.717) is 43.2 Å². The molecule has 7 heteroatoms. The minimum Gasteiger partial charge on any atom is -0.481 e. The van der Waals surface area contributed by atoms with E-state index in [1.807, 2.05) is 30.3 Å². The number of carbonyl (C=O) groups excluding carboxylic acids is 1. The zero-order chi connectivity index (χ0) is 17.6. The molecule has 25 heavy (non-hydrogen) atoms.